The third kappa shape index (κ3) is 4.26. The van der Waals surface area contributed by atoms with E-state index in [0.29, 0.717) is 11.0 Å². The highest BCUT2D eigenvalue weighted by Crippen LogP contribution is 2.25. The molecule has 0 atom stereocenters. The summed E-state index contributed by atoms with van der Waals surface area (Å²) in [6.07, 6.45) is 0. The highest BCUT2D eigenvalue weighted by molar-refractivity contribution is 9.10. The van der Waals surface area contributed by atoms with Gasteiger partial charge in [-0.15, -0.1) is 11.3 Å². The second-order valence-electron chi connectivity index (χ2n) is 4.24. The molecule has 0 amide bonds. The third-order valence-electron chi connectivity index (χ3n) is 2.59. The average molecular weight is 362 g/mol. The molecule has 2 nitrogen and oxygen atoms in total. The fourth-order valence-electron chi connectivity index (χ4n) is 1.66. The van der Waals surface area contributed by atoms with E-state index in [1.807, 2.05) is 0 Å². The van der Waals surface area contributed by atoms with Crippen molar-refractivity contribution in [1.82, 2.24) is 5.32 Å². The lowest BCUT2D eigenvalue weighted by Gasteiger charge is -2.09. The Morgan fingerprint density at radius 2 is 2.10 bits per heavy atom. The fraction of sp³-hybridized carbons (Fsp3) is 0.286. The molecule has 1 heterocycles. The number of hydrogen-bond acceptors (Lipinski definition) is 3. The van der Waals surface area contributed by atoms with E-state index in [1.54, 1.807) is 11.3 Å². The zero-order valence-corrected chi connectivity index (χ0v) is 13.3. The Morgan fingerprint density at radius 3 is 2.80 bits per heavy atom. The standard InChI is InChI=1S/C14H14BrF2NOS/c1-9-2-3-11(20-9)8-18-4-5-19-13-7-10(15)6-12(16)14(13)17/h2-3,6-7,18H,4-5,8H2,1H3. The second kappa shape index (κ2) is 7.15. The van der Waals surface area contributed by atoms with Crippen molar-refractivity contribution in [2.45, 2.75) is 13.5 Å². The van der Waals surface area contributed by atoms with Crippen molar-refractivity contribution in [3.63, 3.8) is 0 Å². The molecule has 0 saturated carbocycles. The van der Waals surface area contributed by atoms with Gasteiger partial charge in [0.05, 0.1) is 0 Å². The highest BCUT2D eigenvalue weighted by Gasteiger charge is 2.10. The minimum atomic E-state index is -0.956. The molecule has 6 heteroatoms. The van der Waals surface area contributed by atoms with Crippen molar-refractivity contribution in [3.05, 3.63) is 50.1 Å². The average Bonchev–Trinajstić information content (AvgIpc) is 2.80. The van der Waals surface area contributed by atoms with Crippen LogP contribution in [-0.4, -0.2) is 13.2 Å². The van der Waals surface area contributed by atoms with Crippen LogP contribution >= 0.6 is 27.3 Å². The third-order valence-corrected chi connectivity index (χ3v) is 4.05. The second-order valence-corrected chi connectivity index (χ2v) is 6.53. The van der Waals surface area contributed by atoms with Crippen LogP contribution in [-0.2, 0) is 6.54 Å². The zero-order chi connectivity index (χ0) is 14.5. The van der Waals surface area contributed by atoms with Gasteiger partial charge in [-0.05, 0) is 31.2 Å². The van der Waals surface area contributed by atoms with Gasteiger partial charge in [0.25, 0.3) is 0 Å². The summed E-state index contributed by atoms with van der Waals surface area (Å²) >= 11 is 4.83. The number of thiophene rings is 1. The first-order valence-electron chi connectivity index (χ1n) is 6.09. The summed E-state index contributed by atoms with van der Waals surface area (Å²) in [7, 11) is 0. The van der Waals surface area contributed by atoms with Gasteiger partial charge in [0.15, 0.2) is 11.6 Å². The molecule has 0 fully saturated rings. The van der Waals surface area contributed by atoms with Crippen molar-refractivity contribution in [3.8, 4) is 5.75 Å². The minimum absolute atomic E-state index is 0.0781. The summed E-state index contributed by atoms with van der Waals surface area (Å²) in [4.78, 5) is 2.51. The SMILES string of the molecule is Cc1ccc(CNCCOc2cc(Br)cc(F)c2F)s1. The van der Waals surface area contributed by atoms with Gasteiger partial charge < -0.3 is 10.1 Å². The van der Waals surface area contributed by atoms with E-state index < -0.39 is 11.6 Å². The first-order valence-corrected chi connectivity index (χ1v) is 7.70. The summed E-state index contributed by atoms with van der Waals surface area (Å²) in [6, 6.07) is 6.62. The normalized spacial score (nSPS) is 10.8. The van der Waals surface area contributed by atoms with Gasteiger partial charge in [-0.25, -0.2) is 4.39 Å². The van der Waals surface area contributed by atoms with E-state index in [2.05, 4.69) is 40.3 Å². The number of benzene rings is 1. The van der Waals surface area contributed by atoms with Crippen LogP contribution in [0.1, 0.15) is 9.75 Å². The molecule has 108 valence electrons. The Hall–Kier alpha value is -0.980. The number of aryl methyl sites for hydroxylation is 1. The maximum absolute atomic E-state index is 13.4. The summed E-state index contributed by atoms with van der Waals surface area (Å²) in [5.41, 5.74) is 0. The maximum atomic E-state index is 13.4. The number of rotatable bonds is 6. The van der Waals surface area contributed by atoms with Crippen molar-refractivity contribution < 1.29 is 13.5 Å². The van der Waals surface area contributed by atoms with Crippen molar-refractivity contribution >= 4 is 27.3 Å². The lowest BCUT2D eigenvalue weighted by Crippen LogP contribution is -2.20. The molecule has 0 unspecified atom stereocenters. The highest BCUT2D eigenvalue weighted by atomic mass is 79.9. The van der Waals surface area contributed by atoms with Gasteiger partial charge in [-0.3, -0.25) is 0 Å². The molecular weight excluding hydrogens is 348 g/mol. The first kappa shape index (κ1) is 15.4. The molecule has 0 aliphatic rings. The van der Waals surface area contributed by atoms with Gasteiger partial charge in [-0.1, -0.05) is 15.9 Å². The van der Waals surface area contributed by atoms with E-state index in [0.717, 1.165) is 12.6 Å². The van der Waals surface area contributed by atoms with Crippen molar-refractivity contribution in [2.75, 3.05) is 13.2 Å². The van der Waals surface area contributed by atoms with Gasteiger partial charge in [0.1, 0.15) is 6.61 Å². The van der Waals surface area contributed by atoms with Gasteiger partial charge in [0.2, 0.25) is 5.82 Å². The van der Waals surface area contributed by atoms with Crippen LogP contribution in [0, 0.1) is 18.6 Å². The zero-order valence-electron chi connectivity index (χ0n) is 10.9. The smallest absolute Gasteiger partial charge is 0.200 e. The molecule has 0 aliphatic heterocycles. The molecule has 0 radical (unpaired) electrons. The Morgan fingerprint density at radius 1 is 1.30 bits per heavy atom. The van der Waals surface area contributed by atoms with E-state index in [9.17, 15) is 8.78 Å². The van der Waals surface area contributed by atoms with Gasteiger partial charge in [0, 0.05) is 27.3 Å². The molecule has 1 N–H and O–H groups in total. The van der Waals surface area contributed by atoms with Crippen LogP contribution < -0.4 is 10.1 Å². The topological polar surface area (TPSA) is 21.3 Å². The molecule has 0 spiro atoms. The van der Waals surface area contributed by atoms with Crippen LogP contribution in [0.3, 0.4) is 0 Å². The Bertz CT molecular complexity index is 589. The van der Waals surface area contributed by atoms with Crippen LogP contribution in [0.2, 0.25) is 0 Å². The van der Waals surface area contributed by atoms with Crippen LogP contribution in [0.15, 0.2) is 28.7 Å². The molecule has 20 heavy (non-hydrogen) atoms. The molecule has 1 aromatic heterocycles. The predicted molar refractivity (Wildman–Crippen MR) is 80.3 cm³/mol. The van der Waals surface area contributed by atoms with E-state index in [-0.39, 0.29) is 12.4 Å². The van der Waals surface area contributed by atoms with Gasteiger partial charge in [-0.2, -0.15) is 4.39 Å². The largest absolute Gasteiger partial charge is 0.489 e. The first-order chi connectivity index (χ1) is 9.56. The van der Waals surface area contributed by atoms with Crippen molar-refractivity contribution in [1.29, 1.82) is 0 Å². The van der Waals surface area contributed by atoms with E-state index in [4.69, 9.17) is 4.74 Å². The number of ether oxygens (including phenoxy) is 1. The summed E-state index contributed by atoms with van der Waals surface area (Å²) in [5, 5.41) is 3.19. The number of halogens is 3. The van der Waals surface area contributed by atoms with Crippen LogP contribution in [0.4, 0.5) is 8.78 Å². The molecular formula is C14H14BrF2NOS. The van der Waals surface area contributed by atoms with Crippen LogP contribution in [0.5, 0.6) is 5.75 Å². The molecule has 2 aromatic rings. The molecule has 2 rings (SSSR count). The molecule has 1 aromatic carbocycles. The predicted octanol–water partition coefficient (Wildman–Crippen LogP) is 4.27. The monoisotopic (exact) mass is 361 g/mol. The Kier molecular flexibility index (Phi) is 5.51. The number of hydrogen-bond donors (Lipinski definition) is 1. The summed E-state index contributed by atoms with van der Waals surface area (Å²) < 4.78 is 32.2. The summed E-state index contributed by atoms with van der Waals surface area (Å²) in [5.74, 6) is -1.95. The van der Waals surface area contributed by atoms with E-state index in [1.165, 1.54) is 15.8 Å². The number of nitrogens with one attached hydrogen (secondary N) is 1. The minimum Gasteiger partial charge on any atom is -0.489 e. The van der Waals surface area contributed by atoms with Crippen molar-refractivity contribution in [2.24, 2.45) is 0 Å². The molecule has 0 bridgehead atoms. The Labute approximate surface area is 128 Å². The lowest BCUT2D eigenvalue weighted by molar-refractivity contribution is 0.292. The molecule has 0 saturated heterocycles. The molecule has 0 aliphatic carbocycles. The lowest BCUT2D eigenvalue weighted by atomic mass is 10.3. The quantitative estimate of drug-likeness (QED) is 0.612. The maximum Gasteiger partial charge on any atom is 0.200 e. The Balaban J connectivity index is 1.76. The van der Waals surface area contributed by atoms with E-state index >= 15 is 0 Å². The summed E-state index contributed by atoms with van der Waals surface area (Å²) in [6.45, 7) is 3.64. The van der Waals surface area contributed by atoms with Gasteiger partial charge >= 0.3 is 0 Å². The fourth-order valence-corrected chi connectivity index (χ4v) is 2.93. The van der Waals surface area contributed by atoms with Crippen LogP contribution in [0.25, 0.3) is 0 Å².